The van der Waals surface area contributed by atoms with Gasteiger partial charge in [0.05, 0.1) is 17.9 Å². The minimum Gasteiger partial charge on any atom is -0.482 e. The van der Waals surface area contributed by atoms with Gasteiger partial charge in [0.15, 0.2) is 6.61 Å². The summed E-state index contributed by atoms with van der Waals surface area (Å²) in [6.45, 7) is 2.59. The van der Waals surface area contributed by atoms with Gasteiger partial charge in [0.1, 0.15) is 5.75 Å². The molecule has 0 spiro atoms. The first-order chi connectivity index (χ1) is 12.5. The molecule has 0 saturated heterocycles. The molecule has 0 bridgehead atoms. The molecule has 0 aromatic heterocycles. The summed E-state index contributed by atoms with van der Waals surface area (Å²) in [5, 5.41) is 0. The third-order valence-corrected chi connectivity index (χ3v) is 3.73. The summed E-state index contributed by atoms with van der Waals surface area (Å²) in [7, 11) is 1.71. The number of carbonyl (C=O) groups is 2. The predicted octanol–water partition coefficient (Wildman–Crippen LogP) is 2.87. The molecule has 138 valence electrons. The van der Waals surface area contributed by atoms with E-state index in [4.69, 9.17) is 15.2 Å². The molecule has 0 heterocycles. The van der Waals surface area contributed by atoms with Gasteiger partial charge in [-0.25, -0.2) is 4.79 Å². The van der Waals surface area contributed by atoms with Crippen molar-refractivity contribution in [2.45, 2.75) is 19.9 Å². The molecule has 0 saturated carbocycles. The monoisotopic (exact) mass is 356 g/mol. The summed E-state index contributed by atoms with van der Waals surface area (Å²) < 4.78 is 10.6. The molecular formula is C20H24N2O4. The molecule has 6 heteroatoms. The number of anilines is 1. The van der Waals surface area contributed by atoms with Gasteiger partial charge in [-0.2, -0.15) is 0 Å². The lowest BCUT2D eigenvalue weighted by Crippen LogP contribution is -2.31. The molecule has 2 aromatic rings. The molecule has 26 heavy (non-hydrogen) atoms. The van der Waals surface area contributed by atoms with Crippen LogP contribution in [-0.2, 0) is 16.1 Å². The lowest BCUT2D eigenvalue weighted by atomic mass is 10.2. The maximum absolute atomic E-state index is 12.3. The highest BCUT2D eigenvalue weighted by molar-refractivity contribution is 5.90. The fraction of sp³-hybridized carbons (Fsp3) is 0.300. The van der Waals surface area contributed by atoms with Crippen LogP contribution in [0.2, 0.25) is 0 Å². The fourth-order valence-corrected chi connectivity index (χ4v) is 2.26. The first kappa shape index (κ1) is 19.3. The molecule has 0 aliphatic heterocycles. The summed E-state index contributed by atoms with van der Waals surface area (Å²) in [5.74, 6) is -0.339. The number of nitrogens with two attached hydrogens (primary N) is 1. The van der Waals surface area contributed by atoms with Crippen LogP contribution in [-0.4, -0.2) is 37.0 Å². The van der Waals surface area contributed by atoms with Gasteiger partial charge in [0.25, 0.3) is 5.91 Å². The van der Waals surface area contributed by atoms with Crippen molar-refractivity contribution in [3.63, 3.8) is 0 Å². The van der Waals surface area contributed by atoms with Gasteiger partial charge in [-0.1, -0.05) is 37.3 Å². The van der Waals surface area contributed by atoms with Crippen molar-refractivity contribution in [1.82, 2.24) is 4.90 Å². The molecule has 0 aliphatic carbocycles. The number of benzene rings is 2. The quantitative estimate of drug-likeness (QED) is 0.581. The minimum absolute atomic E-state index is 0.166. The average Bonchev–Trinajstić information content (AvgIpc) is 2.65. The maximum Gasteiger partial charge on any atom is 0.338 e. The number of esters is 1. The largest absolute Gasteiger partial charge is 0.482 e. The smallest absolute Gasteiger partial charge is 0.338 e. The maximum atomic E-state index is 12.3. The van der Waals surface area contributed by atoms with Gasteiger partial charge in [-0.15, -0.1) is 0 Å². The Labute approximate surface area is 153 Å². The molecule has 0 fully saturated rings. The Hall–Kier alpha value is -3.02. The highest BCUT2D eigenvalue weighted by Gasteiger charge is 2.14. The topological polar surface area (TPSA) is 81.9 Å². The standard InChI is InChI=1S/C20H24N2O4/c1-3-11-25-20(24)16-9-10-17(21)18(12-16)26-14-19(23)22(2)13-15-7-5-4-6-8-15/h4-10,12H,3,11,13-14,21H2,1-2H3. The van der Waals surface area contributed by atoms with E-state index in [-0.39, 0.29) is 18.3 Å². The predicted molar refractivity (Wildman–Crippen MR) is 99.8 cm³/mol. The van der Waals surface area contributed by atoms with Crippen LogP contribution < -0.4 is 10.5 Å². The molecule has 0 aliphatic rings. The molecule has 2 aromatic carbocycles. The van der Waals surface area contributed by atoms with E-state index in [0.29, 0.717) is 24.4 Å². The SMILES string of the molecule is CCCOC(=O)c1ccc(N)c(OCC(=O)N(C)Cc2ccccc2)c1. The number of nitrogens with zero attached hydrogens (tertiary/aromatic N) is 1. The minimum atomic E-state index is -0.441. The highest BCUT2D eigenvalue weighted by Crippen LogP contribution is 2.23. The van der Waals surface area contributed by atoms with Crippen LogP contribution in [0.1, 0.15) is 29.3 Å². The number of hydrogen-bond acceptors (Lipinski definition) is 5. The summed E-state index contributed by atoms with van der Waals surface area (Å²) in [6.07, 6.45) is 0.742. The van der Waals surface area contributed by atoms with Crippen molar-refractivity contribution in [3.8, 4) is 5.75 Å². The van der Waals surface area contributed by atoms with Gasteiger partial charge < -0.3 is 20.1 Å². The van der Waals surface area contributed by atoms with Crippen molar-refractivity contribution in [1.29, 1.82) is 0 Å². The Morgan fingerprint density at radius 3 is 2.54 bits per heavy atom. The number of ether oxygens (including phenoxy) is 2. The van der Waals surface area contributed by atoms with Crippen LogP contribution >= 0.6 is 0 Å². The van der Waals surface area contributed by atoms with Crippen LogP contribution in [0.3, 0.4) is 0 Å². The van der Waals surface area contributed by atoms with Gasteiger partial charge in [-0.05, 0) is 30.2 Å². The van der Waals surface area contributed by atoms with Crippen molar-refractivity contribution >= 4 is 17.6 Å². The van der Waals surface area contributed by atoms with Gasteiger partial charge in [0, 0.05) is 13.6 Å². The van der Waals surface area contributed by atoms with E-state index in [0.717, 1.165) is 12.0 Å². The number of hydrogen-bond donors (Lipinski definition) is 1. The zero-order valence-corrected chi connectivity index (χ0v) is 15.1. The number of likely N-dealkylation sites (N-methyl/N-ethyl adjacent to an activating group) is 1. The van der Waals surface area contributed by atoms with E-state index in [1.807, 2.05) is 37.3 Å². The van der Waals surface area contributed by atoms with Gasteiger partial charge in [-0.3, -0.25) is 4.79 Å². The summed E-state index contributed by atoms with van der Waals surface area (Å²) in [4.78, 5) is 25.8. The van der Waals surface area contributed by atoms with Crippen LogP contribution in [0.15, 0.2) is 48.5 Å². The van der Waals surface area contributed by atoms with Crippen LogP contribution in [0, 0.1) is 0 Å². The van der Waals surface area contributed by atoms with Crippen LogP contribution in [0.5, 0.6) is 5.75 Å². The molecule has 0 radical (unpaired) electrons. The summed E-state index contributed by atoms with van der Waals surface area (Å²) in [6, 6.07) is 14.3. The Balaban J connectivity index is 1.95. The van der Waals surface area contributed by atoms with Crippen LogP contribution in [0.4, 0.5) is 5.69 Å². The molecular weight excluding hydrogens is 332 g/mol. The molecule has 2 N–H and O–H groups in total. The number of nitrogen functional groups attached to an aromatic ring is 1. The Kier molecular flexibility index (Phi) is 7.02. The molecule has 0 atom stereocenters. The van der Waals surface area contributed by atoms with Crippen molar-refractivity contribution in [3.05, 3.63) is 59.7 Å². The number of carbonyl (C=O) groups excluding carboxylic acids is 2. The Bertz CT molecular complexity index is 747. The third kappa shape index (κ3) is 5.51. The number of amides is 1. The van der Waals surface area contributed by atoms with E-state index in [2.05, 4.69) is 0 Å². The van der Waals surface area contributed by atoms with Crippen molar-refractivity contribution in [2.24, 2.45) is 0 Å². The third-order valence-electron chi connectivity index (χ3n) is 3.73. The second-order valence-electron chi connectivity index (χ2n) is 5.91. The van der Waals surface area contributed by atoms with Crippen molar-refractivity contribution < 1.29 is 19.1 Å². The highest BCUT2D eigenvalue weighted by atomic mass is 16.5. The molecule has 1 amide bonds. The van der Waals surface area contributed by atoms with E-state index < -0.39 is 5.97 Å². The molecule has 6 nitrogen and oxygen atoms in total. The molecule has 2 rings (SSSR count). The van der Waals surface area contributed by atoms with E-state index in [9.17, 15) is 9.59 Å². The Morgan fingerprint density at radius 2 is 1.85 bits per heavy atom. The normalized spacial score (nSPS) is 10.2. The van der Waals surface area contributed by atoms with Crippen LogP contribution in [0.25, 0.3) is 0 Å². The zero-order chi connectivity index (χ0) is 18.9. The fourth-order valence-electron chi connectivity index (χ4n) is 2.26. The second kappa shape index (κ2) is 9.46. The first-order valence-electron chi connectivity index (χ1n) is 8.48. The van der Waals surface area contributed by atoms with E-state index in [1.165, 1.54) is 6.07 Å². The average molecular weight is 356 g/mol. The molecule has 0 unspecified atom stereocenters. The van der Waals surface area contributed by atoms with Gasteiger partial charge in [0.2, 0.25) is 0 Å². The van der Waals surface area contributed by atoms with E-state index >= 15 is 0 Å². The second-order valence-corrected chi connectivity index (χ2v) is 5.91. The lowest BCUT2D eigenvalue weighted by Gasteiger charge is -2.18. The van der Waals surface area contributed by atoms with Gasteiger partial charge >= 0.3 is 5.97 Å². The zero-order valence-electron chi connectivity index (χ0n) is 15.1. The first-order valence-corrected chi connectivity index (χ1v) is 8.48. The lowest BCUT2D eigenvalue weighted by molar-refractivity contribution is -0.132. The van der Waals surface area contributed by atoms with Crippen molar-refractivity contribution in [2.75, 3.05) is 26.0 Å². The summed E-state index contributed by atoms with van der Waals surface area (Å²) in [5.41, 5.74) is 7.60. The number of rotatable bonds is 8. The summed E-state index contributed by atoms with van der Waals surface area (Å²) >= 11 is 0. The van der Waals surface area contributed by atoms with E-state index in [1.54, 1.807) is 24.1 Å². The Morgan fingerprint density at radius 1 is 1.12 bits per heavy atom.